The van der Waals surface area contributed by atoms with Gasteiger partial charge in [0.15, 0.2) is 0 Å². The van der Waals surface area contributed by atoms with E-state index in [0.717, 1.165) is 23.5 Å². The lowest BCUT2D eigenvalue weighted by atomic mass is 10.1. The molecule has 0 saturated heterocycles. The molecule has 0 aliphatic carbocycles. The molecule has 0 aliphatic heterocycles. The summed E-state index contributed by atoms with van der Waals surface area (Å²) in [5.41, 5.74) is 2.25. The van der Waals surface area contributed by atoms with Crippen LogP contribution in [0.15, 0.2) is 66.9 Å². The molecule has 3 aromatic rings. The van der Waals surface area contributed by atoms with Gasteiger partial charge >= 0.3 is 6.18 Å². The lowest BCUT2D eigenvalue weighted by Crippen LogP contribution is -2.03. The summed E-state index contributed by atoms with van der Waals surface area (Å²) in [6.45, 7) is 0. The number of nitrogens with zero attached hydrogens (tertiary/aromatic N) is 1. The molecule has 0 spiro atoms. The Kier molecular flexibility index (Phi) is 4.93. The minimum Gasteiger partial charge on any atom is -0.508 e. The van der Waals surface area contributed by atoms with E-state index in [1.165, 1.54) is 12.1 Å². The molecule has 3 nitrogen and oxygen atoms in total. The second kappa shape index (κ2) is 7.31. The summed E-state index contributed by atoms with van der Waals surface area (Å²) in [6.07, 6.45) is 0.727. The first kappa shape index (κ1) is 17.5. The number of alkyl halides is 3. The van der Waals surface area contributed by atoms with Crippen LogP contribution in [0, 0.1) is 0 Å². The monoisotopic (exact) mass is 356 g/mol. The lowest BCUT2D eigenvalue weighted by Gasteiger charge is -2.07. The van der Waals surface area contributed by atoms with Gasteiger partial charge in [0, 0.05) is 17.6 Å². The van der Waals surface area contributed by atoms with E-state index in [9.17, 15) is 18.3 Å². The highest BCUT2D eigenvalue weighted by atomic mass is 19.4. The smallest absolute Gasteiger partial charge is 0.416 e. The quantitative estimate of drug-likeness (QED) is 0.588. The van der Waals surface area contributed by atoms with Crippen molar-refractivity contribution in [3.8, 4) is 5.75 Å². The van der Waals surface area contributed by atoms with Gasteiger partial charge in [0.2, 0.25) is 0 Å². The van der Waals surface area contributed by atoms with Crippen molar-refractivity contribution in [3.63, 3.8) is 0 Å². The SMILES string of the molecule is Oc1ccc(Nc2ccnc(/C=C/c3ccc(C(F)(F)F)cc3)c2)cc1. The van der Waals surface area contributed by atoms with Gasteiger partial charge in [-0.3, -0.25) is 4.98 Å². The molecule has 2 N–H and O–H groups in total. The number of aromatic nitrogens is 1. The van der Waals surface area contributed by atoms with E-state index in [2.05, 4.69) is 10.3 Å². The van der Waals surface area contributed by atoms with Gasteiger partial charge in [-0.1, -0.05) is 18.2 Å². The van der Waals surface area contributed by atoms with Gasteiger partial charge in [-0.25, -0.2) is 0 Å². The summed E-state index contributed by atoms with van der Waals surface area (Å²) >= 11 is 0. The predicted molar refractivity (Wildman–Crippen MR) is 96.0 cm³/mol. The first-order valence-electron chi connectivity index (χ1n) is 7.78. The normalized spacial score (nSPS) is 11.7. The van der Waals surface area contributed by atoms with E-state index in [1.54, 1.807) is 48.7 Å². The molecule has 0 atom stereocenters. The van der Waals surface area contributed by atoms with Crippen LogP contribution in [-0.2, 0) is 6.18 Å². The van der Waals surface area contributed by atoms with Crippen LogP contribution in [0.3, 0.4) is 0 Å². The summed E-state index contributed by atoms with van der Waals surface area (Å²) in [6, 6.07) is 15.2. The summed E-state index contributed by atoms with van der Waals surface area (Å²) in [4.78, 5) is 4.22. The molecule has 0 fully saturated rings. The van der Waals surface area contributed by atoms with Crippen molar-refractivity contribution >= 4 is 23.5 Å². The molecule has 0 radical (unpaired) electrons. The van der Waals surface area contributed by atoms with E-state index in [4.69, 9.17) is 0 Å². The van der Waals surface area contributed by atoms with Crippen LogP contribution >= 0.6 is 0 Å². The maximum Gasteiger partial charge on any atom is 0.416 e. The Morgan fingerprint density at radius 1 is 0.846 bits per heavy atom. The number of halogens is 3. The maximum atomic E-state index is 12.6. The molecule has 0 bridgehead atoms. The van der Waals surface area contributed by atoms with E-state index in [1.807, 2.05) is 6.07 Å². The van der Waals surface area contributed by atoms with Crippen molar-refractivity contribution in [1.29, 1.82) is 0 Å². The molecule has 3 rings (SSSR count). The Hall–Kier alpha value is -3.28. The van der Waals surface area contributed by atoms with Crippen LogP contribution in [0.4, 0.5) is 24.5 Å². The second-order valence-corrected chi connectivity index (χ2v) is 5.59. The van der Waals surface area contributed by atoms with Gasteiger partial charge in [0.05, 0.1) is 11.3 Å². The van der Waals surface area contributed by atoms with Gasteiger partial charge in [0.25, 0.3) is 0 Å². The summed E-state index contributed by atoms with van der Waals surface area (Å²) in [5.74, 6) is 0.186. The number of phenols is 1. The highest BCUT2D eigenvalue weighted by Crippen LogP contribution is 2.29. The minimum absolute atomic E-state index is 0.186. The fourth-order valence-electron chi connectivity index (χ4n) is 2.29. The number of aromatic hydroxyl groups is 1. The van der Waals surface area contributed by atoms with E-state index in [0.29, 0.717) is 11.3 Å². The fourth-order valence-corrected chi connectivity index (χ4v) is 2.29. The average Bonchev–Trinajstić information content (AvgIpc) is 2.62. The lowest BCUT2D eigenvalue weighted by molar-refractivity contribution is -0.137. The molecule has 26 heavy (non-hydrogen) atoms. The summed E-state index contributed by atoms with van der Waals surface area (Å²) in [7, 11) is 0. The fraction of sp³-hybridized carbons (Fsp3) is 0.0500. The van der Waals surface area contributed by atoms with Crippen LogP contribution < -0.4 is 5.32 Å². The third kappa shape index (κ3) is 4.63. The highest BCUT2D eigenvalue weighted by Gasteiger charge is 2.29. The minimum atomic E-state index is -4.34. The number of phenolic OH excluding ortho intramolecular Hbond substituents is 1. The van der Waals surface area contributed by atoms with Crippen LogP contribution in [-0.4, -0.2) is 10.1 Å². The molecule has 0 aliphatic rings. The van der Waals surface area contributed by atoms with E-state index >= 15 is 0 Å². The summed E-state index contributed by atoms with van der Waals surface area (Å²) < 4.78 is 37.7. The molecule has 1 heterocycles. The number of rotatable bonds is 4. The largest absolute Gasteiger partial charge is 0.508 e. The van der Waals surface area contributed by atoms with Crippen molar-refractivity contribution in [3.05, 3.63) is 83.7 Å². The molecule has 6 heteroatoms. The Balaban J connectivity index is 1.72. The maximum absolute atomic E-state index is 12.6. The highest BCUT2D eigenvalue weighted by molar-refractivity contribution is 5.70. The number of hydrogen-bond acceptors (Lipinski definition) is 3. The Labute approximate surface area is 148 Å². The molecule has 132 valence electrons. The zero-order chi connectivity index (χ0) is 18.6. The van der Waals surface area contributed by atoms with Gasteiger partial charge < -0.3 is 10.4 Å². The van der Waals surface area contributed by atoms with Gasteiger partial charge in [-0.05, 0) is 60.2 Å². The molecular weight excluding hydrogens is 341 g/mol. The predicted octanol–water partition coefficient (Wildman–Crippen LogP) is 5.72. The third-order valence-electron chi connectivity index (χ3n) is 3.62. The molecule has 0 amide bonds. The van der Waals surface area contributed by atoms with Crippen LogP contribution in [0.5, 0.6) is 5.75 Å². The van der Waals surface area contributed by atoms with Gasteiger partial charge in [-0.2, -0.15) is 13.2 Å². The zero-order valence-corrected chi connectivity index (χ0v) is 13.5. The van der Waals surface area contributed by atoms with Crippen molar-refractivity contribution in [2.45, 2.75) is 6.18 Å². The summed E-state index contributed by atoms with van der Waals surface area (Å²) in [5, 5.41) is 12.5. The number of pyridine rings is 1. The van der Waals surface area contributed by atoms with Crippen molar-refractivity contribution in [2.24, 2.45) is 0 Å². The zero-order valence-electron chi connectivity index (χ0n) is 13.5. The number of nitrogens with one attached hydrogen (secondary N) is 1. The van der Waals surface area contributed by atoms with Crippen molar-refractivity contribution in [2.75, 3.05) is 5.32 Å². The third-order valence-corrected chi connectivity index (χ3v) is 3.62. The van der Waals surface area contributed by atoms with E-state index < -0.39 is 11.7 Å². The first-order valence-corrected chi connectivity index (χ1v) is 7.78. The molecule has 0 saturated carbocycles. The topological polar surface area (TPSA) is 45.1 Å². The standard InChI is InChI=1S/C20H15F3N2O/c21-20(22,23)15-4-1-14(2-5-15)3-6-17-13-18(11-12-24-17)25-16-7-9-19(26)10-8-16/h1-13,26H,(H,24,25)/b6-3+. The number of hydrogen-bond donors (Lipinski definition) is 2. The average molecular weight is 356 g/mol. The Morgan fingerprint density at radius 2 is 1.54 bits per heavy atom. The second-order valence-electron chi connectivity index (χ2n) is 5.59. The molecule has 2 aromatic carbocycles. The molecular formula is C20H15F3N2O. The van der Waals surface area contributed by atoms with Crippen LogP contribution in [0.25, 0.3) is 12.2 Å². The van der Waals surface area contributed by atoms with E-state index in [-0.39, 0.29) is 5.75 Å². The Bertz CT molecular complexity index is 902. The molecule has 0 unspecified atom stereocenters. The van der Waals surface area contributed by atoms with Crippen LogP contribution in [0.1, 0.15) is 16.8 Å². The Morgan fingerprint density at radius 3 is 2.19 bits per heavy atom. The molecule has 1 aromatic heterocycles. The van der Waals surface area contributed by atoms with Gasteiger partial charge in [0.1, 0.15) is 5.75 Å². The number of benzene rings is 2. The van der Waals surface area contributed by atoms with Gasteiger partial charge in [-0.15, -0.1) is 0 Å². The van der Waals surface area contributed by atoms with Crippen molar-refractivity contribution in [1.82, 2.24) is 4.98 Å². The van der Waals surface area contributed by atoms with Crippen molar-refractivity contribution < 1.29 is 18.3 Å². The van der Waals surface area contributed by atoms with Crippen LogP contribution in [0.2, 0.25) is 0 Å². The first-order chi connectivity index (χ1) is 12.4. The number of anilines is 2.